The van der Waals surface area contributed by atoms with Crippen molar-refractivity contribution in [2.24, 2.45) is 0 Å². The van der Waals surface area contributed by atoms with Crippen molar-refractivity contribution in [1.29, 1.82) is 0 Å². The molecule has 2 heteroatoms. The summed E-state index contributed by atoms with van der Waals surface area (Å²) in [7, 11) is 0. The lowest BCUT2D eigenvalue weighted by Crippen LogP contribution is -2.24. The van der Waals surface area contributed by atoms with Crippen LogP contribution in [0.3, 0.4) is 0 Å². The topological polar surface area (TPSA) is 12.0 Å². The van der Waals surface area contributed by atoms with Gasteiger partial charge in [0.2, 0.25) is 0 Å². The summed E-state index contributed by atoms with van der Waals surface area (Å²) in [5.41, 5.74) is -0.984. The molecule has 1 rings (SSSR count). The average molecular weight is 129 g/mol. The highest BCUT2D eigenvalue weighted by Gasteiger charge is 2.31. The Morgan fingerprint density at radius 1 is 1.78 bits per heavy atom. The summed E-state index contributed by atoms with van der Waals surface area (Å²) < 4.78 is 13.2. The molecule has 1 N–H and O–H groups in total. The third-order valence-corrected chi connectivity index (χ3v) is 1.70. The summed E-state index contributed by atoms with van der Waals surface area (Å²) in [5.74, 6) is 0. The van der Waals surface area contributed by atoms with E-state index in [1.807, 2.05) is 0 Å². The van der Waals surface area contributed by atoms with Crippen LogP contribution in [-0.4, -0.2) is 18.8 Å². The van der Waals surface area contributed by atoms with Crippen LogP contribution in [0.5, 0.6) is 0 Å². The number of allylic oxidation sites excluding steroid dienone is 1. The van der Waals surface area contributed by atoms with E-state index >= 15 is 0 Å². The van der Waals surface area contributed by atoms with Gasteiger partial charge in [-0.25, -0.2) is 4.39 Å². The Morgan fingerprint density at radius 2 is 2.56 bits per heavy atom. The minimum atomic E-state index is -0.984. The van der Waals surface area contributed by atoms with Crippen LogP contribution in [0.25, 0.3) is 0 Å². The predicted octanol–water partition coefficient (Wildman–Crippen LogP) is 1.26. The highest BCUT2D eigenvalue weighted by Crippen LogP contribution is 2.23. The van der Waals surface area contributed by atoms with Crippen molar-refractivity contribution in [2.45, 2.75) is 18.5 Å². The van der Waals surface area contributed by atoms with Crippen LogP contribution in [0.4, 0.5) is 4.39 Å². The molecule has 0 aromatic heterocycles. The Bertz CT molecular complexity index is 105. The van der Waals surface area contributed by atoms with E-state index in [9.17, 15) is 4.39 Å². The van der Waals surface area contributed by atoms with Crippen LogP contribution in [0.2, 0.25) is 0 Å². The van der Waals surface area contributed by atoms with E-state index in [-0.39, 0.29) is 0 Å². The van der Waals surface area contributed by atoms with Crippen LogP contribution in [0.15, 0.2) is 12.7 Å². The molecule has 1 nitrogen and oxygen atoms in total. The zero-order valence-corrected chi connectivity index (χ0v) is 5.49. The first-order valence-corrected chi connectivity index (χ1v) is 3.27. The second kappa shape index (κ2) is 2.48. The molecule has 1 fully saturated rings. The van der Waals surface area contributed by atoms with Crippen molar-refractivity contribution in [1.82, 2.24) is 5.32 Å². The predicted molar refractivity (Wildman–Crippen MR) is 36.1 cm³/mol. The Kier molecular flexibility index (Phi) is 1.86. The van der Waals surface area contributed by atoms with Gasteiger partial charge in [0.1, 0.15) is 5.67 Å². The number of alkyl halides is 1. The Balaban J connectivity index is 2.40. The molecule has 0 aromatic rings. The van der Waals surface area contributed by atoms with Gasteiger partial charge in [0.05, 0.1) is 0 Å². The van der Waals surface area contributed by atoms with Crippen molar-refractivity contribution < 1.29 is 4.39 Å². The SMILES string of the molecule is C=CC[C@]1(F)CCNC1. The molecule has 1 atom stereocenters. The summed E-state index contributed by atoms with van der Waals surface area (Å²) >= 11 is 0. The van der Waals surface area contributed by atoms with Gasteiger partial charge in [-0.1, -0.05) is 6.08 Å². The summed E-state index contributed by atoms with van der Waals surface area (Å²) in [5, 5.41) is 2.97. The quantitative estimate of drug-likeness (QED) is 0.553. The summed E-state index contributed by atoms with van der Waals surface area (Å²) in [6.07, 6.45) is 2.77. The number of hydrogen-bond donors (Lipinski definition) is 1. The van der Waals surface area contributed by atoms with E-state index in [0.717, 1.165) is 6.54 Å². The molecule has 0 unspecified atom stereocenters. The average Bonchev–Trinajstić information content (AvgIpc) is 2.16. The first kappa shape index (κ1) is 6.75. The van der Waals surface area contributed by atoms with Gasteiger partial charge in [-0.15, -0.1) is 6.58 Å². The number of halogens is 1. The van der Waals surface area contributed by atoms with Gasteiger partial charge in [-0.05, 0) is 13.0 Å². The zero-order chi connectivity index (χ0) is 6.74. The monoisotopic (exact) mass is 129 g/mol. The molecular weight excluding hydrogens is 117 g/mol. The van der Waals surface area contributed by atoms with E-state index in [0.29, 0.717) is 19.4 Å². The van der Waals surface area contributed by atoms with Crippen molar-refractivity contribution in [2.75, 3.05) is 13.1 Å². The lowest BCUT2D eigenvalue weighted by molar-refractivity contribution is 0.195. The second-order valence-corrected chi connectivity index (χ2v) is 2.57. The molecule has 0 amide bonds. The van der Waals surface area contributed by atoms with Gasteiger partial charge >= 0.3 is 0 Å². The number of hydrogen-bond acceptors (Lipinski definition) is 1. The van der Waals surface area contributed by atoms with Gasteiger partial charge in [0, 0.05) is 13.0 Å². The molecule has 1 saturated heterocycles. The Morgan fingerprint density at radius 3 is 3.00 bits per heavy atom. The zero-order valence-electron chi connectivity index (χ0n) is 5.49. The maximum Gasteiger partial charge on any atom is 0.128 e. The lowest BCUT2D eigenvalue weighted by atomic mass is 10.0. The van der Waals surface area contributed by atoms with E-state index in [2.05, 4.69) is 11.9 Å². The van der Waals surface area contributed by atoms with E-state index in [4.69, 9.17) is 0 Å². The van der Waals surface area contributed by atoms with Gasteiger partial charge < -0.3 is 5.32 Å². The summed E-state index contributed by atoms with van der Waals surface area (Å²) in [4.78, 5) is 0. The molecule has 0 aromatic carbocycles. The molecule has 9 heavy (non-hydrogen) atoms. The molecule has 0 aliphatic carbocycles. The third-order valence-electron chi connectivity index (χ3n) is 1.70. The first-order valence-electron chi connectivity index (χ1n) is 3.27. The standard InChI is InChI=1S/C7H12FN/c1-2-3-7(8)4-5-9-6-7/h2,9H,1,3-6H2/t7-/m0/s1. The van der Waals surface area contributed by atoms with Crippen LogP contribution >= 0.6 is 0 Å². The third kappa shape index (κ3) is 1.52. The van der Waals surface area contributed by atoms with Crippen LogP contribution in [0, 0.1) is 0 Å². The van der Waals surface area contributed by atoms with Crippen molar-refractivity contribution >= 4 is 0 Å². The fraction of sp³-hybridized carbons (Fsp3) is 0.714. The Hall–Kier alpha value is -0.370. The molecule has 0 radical (unpaired) electrons. The highest BCUT2D eigenvalue weighted by molar-refractivity contribution is 4.93. The maximum atomic E-state index is 13.2. The molecule has 0 bridgehead atoms. The highest BCUT2D eigenvalue weighted by atomic mass is 19.1. The lowest BCUT2D eigenvalue weighted by Gasteiger charge is -2.14. The fourth-order valence-corrected chi connectivity index (χ4v) is 1.15. The van der Waals surface area contributed by atoms with Crippen LogP contribution in [0.1, 0.15) is 12.8 Å². The number of nitrogens with one attached hydrogen (secondary N) is 1. The summed E-state index contributed by atoms with van der Waals surface area (Å²) in [6.45, 7) is 4.81. The second-order valence-electron chi connectivity index (χ2n) is 2.57. The molecule has 1 heterocycles. The normalized spacial score (nSPS) is 34.8. The van der Waals surface area contributed by atoms with E-state index in [1.165, 1.54) is 0 Å². The molecule has 0 spiro atoms. The van der Waals surface area contributed by atoms with Gasteiger partial charge in [-0.3, -0.25) is 0 Å². The smallest absolute Gasteiger partial charge is 0.128 e. The van der Waals surface area contributed by atoms with E-state index < -0.39 is 5.67 Å². The molecular formula is C7H12FN. The summed E-state index contributed by atoms with van der Waals surface area (Å²) in [6, 6.07) is 0. The molecule has 52 valence electrons. The van der Waals surface area contributed by atoms with Crippen molar-refractivity contribution in [3.63, 3.8) is 0 Å². The van der Waals surface area contributed by atoms with E-state index in [1.54, 1.807) is 6.08 Å². The molecule has 1 aliphatic rings. The first-order chi connectivity index (χ1) is 4.27. The van der Waals surface area contributed by atoms with Crippen LogP contribution < -0.4 is 5.32 Å². The largest absolute Gasteiger partial charge is 0.313 e. The maximum absolute atomic E-state index is 13.2. The van der Waals surface area contributed by atoms with Crippen molar-refractivity contribution in [3.05, 3.63) is 12.7 Å². The van der Waals surface area contributed by atoms with Gasteiger partial charge in [0.25, 0.3) is 0 Å². The van der Waals surface area contributed by atoms with Gasteiger partial charge in [0.15, 0.2) is 0 Å². The minimum Gasteiger partial charge on any atom is -0.313 e. The van der Waals surface area contributed by atoms with Crippen LogP contribution in [-0.2, 0) is 0 Å². The Labute approximate surface area is 54.9 Å². The minimum absolute atomic E-state index is 0.486. The molecule has 0 saturated carbocycles. The van der Waals surface area contributed by atoms with Gasteiger partial charge in [-0.2, -0.15) is 0 Å². The number of rotatable bonds is 2. The fourth-order valence-electron chi connectivity index (χ4n) is 1.15. The van der Waals surface area contributed by atoms with Crippen molar-refractivity contribution in [3.8, 4) is 0 Å². The molecule has 1 aliphatic heterocycles.